The number of nitrogens with zero attached hydrogens (tertiary/aromatic N) is 3. The smallest absolute Gasteiger partial charge is 0.337 e. The van der Waals surface area contributed by atoms with Gasteiger partial charge in [-0.2, -0.15) is 0 Å². The highest BCUT2D eigenvalue weighted by Crippen LogP contribution is 2.39. The quantitative estimate of drug-likeness (QED) is 0.124. The summed E-state index contributed by atoms with van der Waals surface area (Å²) < 4.78 is 12.6. The SMILES string of the molecule is COC(=O)c1ccc(C2C(=C(O)c3ccc(OCc4ccccc4C)cc3)C(=O)C(=O)N2CCCn2ccnc2)cc1. The summed E-state index contributed by atoms with van der Waals surface area (Å²) in [5, 5.41) is 11.4. The summed E-state index contributed by atoms with van der Waals surface area (Å²) in [7, 11) is 1.30. The first-order valence-corrected chi connectivity index (χ1v) is 13.6. The van der Waals surface area contributed by atoms with Crippen LogP contribution in [0.15, 0.2) is 97.1 Å². The molecule has 1 unspecified atom stereocenters. The topological polar surface area (TPSA) is 111 Å². The summed E-state index contributed by atoms with van der Waals surface area (Å²) in [6.07, 6.45) is 5.75. The molecule has 0 saturated carbocycles. The Kier molecular flexibility index (Phi) is 8.47. The van der Waals surface area contributed by atoms with Gasteiger partial charge in [0.15, 0.2) is 0 Å². The molecule has 1 amide bonds. The molecule has 9 nitrogen and oxygen atoms in total. The van der Waals surface area contributed by atoms with Gasteiger partial charge in [0.1, 0.15) is 18.1 Å². The second kappa shape index (κ2) is 12.6. The van der Waals surface area contributed by atoms with E-state index in [1.165, 1.54) is 12.0 Å². The number of aliphatic hydroxyl groups is 1. The molecule has 1 N–H and O–H groups in total. The molecule has 1 fully saturated rings. The number of carbonyl (C=O) groups excluding carboxylic acids is 3. The summed E-state index contributed by atoms with van der Waals surface area (Å²) in [5.41, 5.74) is 3.48. The van der Waals surface area contributed by atoms with Crippen molar-refractivity contribution in [2.45, 2.75) is 32.5 Å². The number of rotatable bonds is 10. The average Bonchev–Trinajstić information content (AvgIpc) is 3.63. The van der Waals surface area contributed by atoms with E-state index in [0.29, 0.717) is 42.0 Å². The van der Waals surface area contributed by atoms with Crippen LogP contribution in [0.2, 0.25) is 0 Å². The number of ketones is 1. The first-order valence-electron chi connectivity index (χ1n) is 13.6. The number of methoxy groups -OCH3 is 1. The molecule has 214 valence electrons. The monoisotopic (exact) mass is 565 g/mol. The lowest BCUT2D eigenvalue weighted by molar-refractivity contribution is -0.139. The zero-order chi connectivity index (χ0) is 29.6. The van der Waals surface area contributed by atoms with Crippen molar-refractivity contribution in [3.8, 4) is 5.75 Å². The van der Waals surface area contributed by atoms with E-state index in [4.69, 9.17) is 9.47 Å². The summed E-state index contributed by atoms with van der Waals surface area (Å²) in [6.45, 7) is 3.28. The highest BCUT2D eigenvalue weighted by Gasteiger charge is 2.45. The van der Waals surface area contributed by atoms with Gasteiger partial charge in [-0.1, -0.05) is 36.4 Å². The molecular formula is C33H31N3O6. The third-order valence-corrected chi connectivity index (χ3v) is 7.35. The molecule has 42 heavy (non-hydrogen) atoms. The fraction of sp³-hybridized carbons (Fsp3) is 0.212. The number of imidazole rings is 1. The number of amides is 1. The van der Waals surface area contributed by atoms with Crippen LogP contribution in [-0.2, 0) is 27.5 Å². The van der Waals surface area contributed by atoms with Crippen molar-refractivity contribution in [2.75, 3.05) is 13.7 Å². The van der Waals surface area contributed by atoms with Gasteiger partial charge in [-0.05, 0) is 66.4 Å². The molecule has 9 heteroatoms. The number of benzene rings is 3. The van der Waals surface area contributed by atoms with E-state index in [-0.39, 0.29) is 17.9 Å². The number of hydrogen-bond donors (Lipinski definition) is 1. The minimum Gasteiger partial charge on any atom is -0.507 e. The maximum Gasteiger partial charge on any atom is 0.337 e. The Morgan fingerprint density at radius 1 is 0.952 bits per heavy atom. The normalized spacial score (nSPS) is 16.0. The molecule has 3 aromatic carbocycles. The highest BCUT2D eigenvalue weighted by atomic mass is 16.5. The maximum absolute atomic E-state index is 13.4. The van der Waals surface area contributed by atoms with Gasteiger partial charge in [-0.25, -0.2) is 9.78 Å². The lowest BCUT2D eigenvalue weighted by Gasteiger charge is -2.25. The van der Waals surface area contributed by atoms with Crippen molar-refractivity contribution >= 4 is 23.4 Å². The molecule has 0 bridgehead atoms. The van der Waals surface area contributed by atoms with E-state index in [0.717, 1.165) is 11.1 Å². The lowest BCUT2D eigenvalue weighted by atomic mass is 9.94. The van der Waals surface area contributed by atoms with Gasteiger partial charge in [0.25, 0.3) is 11.7 Å². The molecular weight excluding hydrogens is 534 g/mol. The third-order valence-electron chi connectivity index (χ3n) is 7.35. The zero-order valence-electron chi connectivity index (χ0n) is 23.4. The second-order valence-electron chi connectivity index (χ2n) is 10.00. The molecule has 5 rings (SSSR count). The Labute approximate surface area is 243 Å². The maximum atomic E-state index is 13.4. The lowest BCUT2D eigenvalue weighted by Crippen LogP contribution is -2.31. The van der Waals surface area contributed by atoms with Crippen LogP contribution in [0.3, 0.4) is 0 Å². The van der Waals surface area contributed by atoms with E-state index in [9.17, 15) is 19.5 Å². The van der Waals surface area contributed by atoms with Crippen LogP contribution < -0.4 is 4.74 Å². The first-order chi connectivity index (χ1) is 20.4. The minimum absolute atomic E-state index is 0.0120. The Hall–Kier alpha value is -5.18. The summed E-state index contributed by atoms with van der Waals surface area (Å²) in [6, 6.07) is 20.4. The molecule has 0 aliphatic carbocycles. The fourth-order valence-corrected chi connectivity index (χ4v) is 5.02. The van der Waals surface area contributed by atoms with E-state index in [1.54, 1.807) is 61.1 Å². The number of aliphatic hydroxyl groups excluding tert-OH is 1. The Morgan fingerprint density at radius 3 is 2.33 bits per heavy atom. The number of aryl methyl sites for hydroxylation is 2. The van der Waals surface area contributed by atoms with Crippen LogP contribution in [0.25, 0.3) is 5.76 Å². The van der Waals surface area contributed by atoms with Gasteiger partial charge < -0.3 is 24.0 Å². The van der Waals surface area contributed by atoms with Crippen LogP contribution in [0.1, 0.15) is 45.1 Å². The average molecular weight is 566 g/mol. The van der Waals surface area contributed by atoms with E-state index in [1.807, 2.05) is 42.0 Å². The predicted octanol–water partition coefficient (Wildman–Crippen LogP) is 5.07. The Bertz CT molecular complexity index is 1610. The molecule has 1 aliphatic rings. The number of aromatic nitrogens is 2. The number of esters is 1. The zero-order valence-corrected chi connectivity index (χ0v) is 23.4. The van der Waals surface area contributed by atoms with Gasteiger partial charge in [0.2, 0.25) is 0 Å². The summed E-state index contributed by atoms with van der Waals surface area (Å²) >= 11 is 0. The van der Waals surface area contributed by atoms with Crippen molar-refractivity contribution in [2.24, 2.45) is 0 Å². The Morgan fingerprint density at radius 2 is 1.67 bits per heavy atom. The molecule has 2 heterocycles. The summed E-state index contributed by atoms with van der Waals surface area (Å²) in [4.78, 5) is 44.1. The standard InChI is InChI=1S/C33H31N3O6/c1-22-6-3-4-7-26(22)20-42-27-14-12-24(13-15-27)30(37)28-29(23-8-10-25(11-9-23)33(40)41-2)36(32(39)31(28)38)18-5-17-35-19-16-34-21-35/h3-4,6-16,19,21,29,37H,5,17-18,20H2,1-2H3. The first kappa shape index (κ1) is 28.4. The van der Waals surface area contributed by atoms with Crippen molar-refractivity contribution in [1.29, 1.82) is 0 Å². The van der Waals surface area contributed by atoms with Gasteiger partial charge in [0.05, 0.1) is 30.6 Å². The van der Waals surface area contributed by atoms with Gasteiger partial charge in [-0.3, -0.25) is 9.59 Å². The van der Waals surface area contributed by atoms with Crippen LogP contribution in [0.4, 0.5) is 0 Å². The second-order valence-corrected chi connectivity index (χ2v) is 10.00. The van der Waals surface area contributed by atoms with Gasteiger partial charge in [-0.15, -0.1) is 0 Å². The number of likely N-dealkylation sites (tertiary alicyclic amines) is 1. The molecule has 0 spiro atoms. The van der Waals surface area contributed by atoms with E-state index in [2.05, 4.69) is 4.98 Å². The summed E-state index contributed by atoms with van der Waals surface area (Å²) in [5.74, 6) is -1.64. The number of Topliss-reactive ketones (excluding diaryl/α,β-unsaturated/α-hetero) is 1. The van der Waals surface area contributed by atoms with Gasteiger partial charge in [0, 0.05) is 31.0 Å². The van der Waals surface area contributed by atoms with Gasteiger partial charge >= 0.3 is 5.97 Å². The molecule has 1 aromatic heterocycles. The highest BCUT2D eigenvalue weighted by molar-refractivity contribution is 6.46. The fourth-order valence-electron chi connectivity index (χ4n) is 5.02. The number of hydrogen-bond acceptors (Lipinski definition) is 7. The van der Waals surface area contributed by atoms with Crippen LogP contribution >= 0.6 is 0 Å². The minimum atomic E-state index is -0.837. The van der Waals surface area contributed by atoms with Crippen LogP contribution in [0, 0.1) is 6.92 Å². The molecule has 0 radical (unpaired) electrons. The third kappa shape index (κ3) is 5.95. The van der Waals surface area contributed by atoms with E-state index < -0.39 is 23.7 Å². The van der Waals surface area contributed by atoms with Crippen LogP contribution in [0.5, 0.6) is 5.75 Å². The number of carbonyl (C=O) groups is 3. The van der Waals surface area contributed by atoms with Crippen molar-refractivity contribution in [3.63, 3.8) is 0 Å². The van der Waals surface area contributed by atoms with E-state index >= 15 is 0 Å². The van der Waals surface area contributed by atoms with Crippen molar-refractivity contribution in [1.82, 2.24) is 14.5 Å². The van der Waals surface area contributed by atoms with Crippen molar-refractivity contribution in [3.05, 3.63) is 125 Å². The molecule has 1 aliphatic heterocycles. The molecule has 1 saturated heterocycles. The largest absolute Gasteiger partial charge is 0.507 e. The van der Waals surface area contributed by atoms with Crippen LogP contribution in [-0.4, -0.2) is 50.9 Å². The molecule has 4 aromatic rings. The molecule has 1 atom stereocenters. The predicted molar refractivity (Wildman–Crippen MR) is 156 cm³/mol. The number of ether oxygens (including phenoxy) is 2. The Balaban J connectivity index is 1.43. The van der Waals surface area contributed by atoms with Crippen molar-refractivity contribution < 1.29 is 29.0 Å².